The predicted octanol–water partition coefficient (Wildman–Crippen LogP) is 2.40. The van der Waals surface area contributed by atoms with E-state index in [9.17, 15) is 4.79 Å². The van der Waals surface area contributed by atoms with Gasteiger partial charge in [0.2, 0.25) is 0 Å². The van der Waals surface area contributed by atoms with E-state index in [4.69, 9.17) is 4.74 Å². The summed E-state index contributed by atoms with van der Waals surface area (Å²) >= 11 is 0. The number of benzene rings is 1. The fourth-order valence-corrected chi connectivity index (χ4v) is 2.81. The van der Waals surface area contributed by atoms with Crippen molar-refractivity contribution < 1.29 is 9.53 Å². The van der Waals surface area contributed by atoms with Crippen molar-refractivity contribution in [1.29, 1.82) is 0 Å². The van der Waals surface area contributed by atoms with Crippen molar-refractivity contribution in [2.45, 2.75) is 31.7 Å². The van der Waals surface area contributed by atoms with Gasteiger partial charge >= 0.3 is 0 Å². The second-order valence-corrected chi connectivity index (χ2v) is 4.78. The van der Waals surface area contributed by atoms with Crippen LogP contribution >= 0.6 is 0 Å². The lowest BCUT2D eigenvalue weighted by Gasteiger charge is -2.39. The van der Waals surface area contributed by atoms with Gasteiger partial charge < -0.3 is 9.64 Å². The van der Waals surface area contributed by atoms with E-state index in [1.807, 2.05) is 12.1 Å². The number of rotatable bonds is 1. The molecule has 3 heteroatoms. The van der Waals surface area contributed by atoms with Crippen molar-refractivity contribution in [1.82, 2.24) is 0 Å². The summed E-state index contributed by atoms with van der Waals surface area (Å²) in [6.07, 6.45) is 3.47. The maximum atomic E-state index is 11.3. The zero-order valence-corrected chi connectivity index (χ0v) is 9.89. The number of ether oxygens (including phenoxy) is 1. The van der Waals surface area contributed by atoms with Gasteiger partial charge in [-0.1, -0.05) is 12.1 Å². The third-order valence-electron chi connectivity index (χ3n) is 3.72. The molecule has 1 saturated carbocycles. The number of carbonyl (C=O) groups excluding carboxylic acids is 1. The van der Waals surface area contributed by atoms with Crippen molar-refractivity contribution in [2.75, 3.05) is 18.1 Å². The molecule has 1 aliphatic heterocycles. The third-order valence-corrected chi connectivity index (χ3v) is 3.72. The smallest absolute Gasteiger partial charge is 0.142 e. The first-order valence-electron chi connectivity index (χ1n) is 6.35. The van der Waals surface area contributed by atoms with Crippen LogP contribution in [0.2, 0.25) is 0 Å². The first kappa shape index (κ1) is 10.6. The van der Waals surface area contributed by atoms with Gasteiger partial charge in [-0.25, -0.2) is 0 Å². The highest BCUT2D eigenvalue weighted by Gasteiger charge is 2.28. The minimum absolute atomic E-state index is 0.419. The standard InChI is InChI=1S/C14H17NO2/c16-12-7-5-11(6-8-12)15-9-10-17-14-4-2-1-3-13(14)15/h1-4,11H,5-10H2. The Morgan fingerprint density at radius 2 is 1.94 bits per heavy atom. The molecule has 1 aliphatic carbocycles. The quantitative estimate of drug-likeness (QED) is 0.743. The van der Waals surface area contributed by atoms with Crippen LogP contribution in [-0.4, -0.2) is 25.0 Å². The van der Waals surface area contributed by atoms with E-state index in [-0.39, 0.29) is 0 Å². The van der Waals surface area contributed by atoms with Crippen molar-refractivity contribution >= 4 is 11.5 Å². The average Bonchev–Trinajstić information content (AvgIpc) is 2.39. The monoisotopic (exact) mass is 231 g/mol. The second kappa shape index (κ2) is 4.40. The van der Waals surface area contributed by atoms with Crippen molar-refractivity contribution in [3.8, 4) is 5.75 Å². The molecule has 17 heavy (non-hydrogen) atoms. The highest BCUT2D eigenvalue weighted by Crippen LogP contribution is 2.35. The number of hydrogen-bond donors (Lipinski definition) is 0. The first-order chi connectivity index (χ1) is 8.34. The van der Waals surface area contributed by atoms with E-state index in [0.717, 1.165) is 44.6 Å². The Morgan fingerprint density at radius 1 is 1.18 bits per heavy atom. The molecule has 2 aliphatic rings. The normalized spacial score (nSPS) is 20.9. The highest BCUT2D eigenvalue weighted by molar-refractivity contribution is 5.79. The molecule has 0 radical (unpaired) electrons. The number of nitrogens with zero attached hydrogens (tertiary/aromatic N) is 1. The Morgan fingerprint density at radius 3 is 2.76 bits per heavy atom. The summed E-state index contributed by atoms with van der Waals surface area (Å²) in [5, 5.41) is 0. The number of para-hydroxylation sites is 2. The van der Waals surface area contributed by atoms with Gasteiger partial charge in [0.1, 0.15) is 18.1 Å². The number of carbonyl (C=O) groups is 1. The van der Waals surface area contributed by atoms with Crippen molar-refractivity contribution in [3.05, 3.63) is 24.3 Å². The zero-order valence-electron chi connectivity index (χ0n) is 9.89. The first-order valence-corrected chi connectivity index (χ1v) is 6.35. The molecule has 0 bridgehead atoms. The average molecular weight is 231 g/mol. The van der Waals surface area contributed by atoms with E-state index in [1.54, 1.807) is 0 Å². The Kier molecular flexibility index (Phi) is 2.75. The SMILES string of the molecule is O=C1CCC(N2CCOc3ccccc32)CC1. The summed E-state index contributed by atoms with van der Waals surface area (Å²) in [5.41, 5.74) is 1.19. The molecule has 3 nitrogen and oxygen atoms in total. The molecule has 1 aromatic carbocycles. The van der Waals surface area contributed by atoms with Gasteiger partial charge in [-0.3, -0.25) is 4.79 Å². The number of fused-ring (bicyclic) bond motifs is 1. The molecule has 0 aromatic heterocycles. The fraction of sp³-hybridized carbons (Fsp3) is 0.500. The van der Waals surface area contributed by atoms with Crippen LogP contribution in [0.1, 0.15) is 25.7 Å². The molecule has 0 N–H and O–H groups in total. The van der Waals surface area contributed by atoms with Gasteiger partial charge in [0.15, 0.2) is 0 Å². The van der Waals surface area contributed by atoms with Crippen molar-refractivity contribution in [3.63, 3.8) is 0 Å². The van der Waals surface area contributed by atoms with E-state index >= 15 is 0 Å². The molecule has 1 heterocycles. The lowest BCUT2D eigenvalue weighted by Crippen LogP contribution is -2.43. The van der Waals surface area contributed by atoms with Gasteiger partial charge in [-0.15, -0.1) is 0 Å². The Bertz CT molecular complexity index is 420. The van der Waals surface area contributed by atoms with Crippen LogP contribution in [0.3, 0.4) is 0 Å². The van der Waals surface area contributed by atoms with E-state index in [2.05, 4.69) is 17.0 Å². The van der Waals surface area contributed by atoms with E-state index < -0.39 is 0 Å². The molecule has 0 spiro atoms. The highest BCUT2D eigenvalue weighted by atomic mass is 16.5. The Balaban J connectivity index is 1.83. The summed E-state index contributed by atoms with van der Waals surface area (Å²) < 4.78 is 5.66. The second-order valence-electron chi connectivity index (χ2n) is 4.78. The van der Waals surface area contributed by atoms with E-state index in [1.165, 1.54) is 5.69 Å². The molecule has 0 unspecified atom stereocenters. The topological polar surface area (TPSA) is 29.5 Å². The molecule has 1 aromatic rings. The van der Waals surface area contributed by atoms with Crippen LogP contribution in [0, 0.1) is 0 Å². The number of anilines is 1. The van der Waals surface area contributed by atoms with E-state index in [0.29, 0.717) is 11.8 Å². The summed E-state index contributed by atoms with van der Waals surface area (Å²) in [6.45, 7) is 1.69. The van der Waals surface area contributed by atoms with Crippen LogP contribution in [0.5, 0.6) is 5.75 Å². The molecular weight excluding hydrogens is 214 g/mol. The molecule has 0 amide bonds. The summed E-state index contributed by atoms with van der Waals surface area (Å²) in [6, 6.07) is 8.71. The Hall–Kier alpha value is -1.51. The molecule has 90 valence electrons. The minimum atomic E-state index is 0.419. The van der Waals surface area contributed by atoms with Crippen LogP contribution in [0.4, 0.5) is 5.69 Å². The summed E-state index contributed by atoms with van der Waals surface area (Å²) in [4.78, 5) is 13.7. The molecule has 0 saturated heterocycles. The molecule has 1 fully saturated rings. The van der Waals surface area contributed by atoms with Gasteiger partial charge in [0.25, 0.3) is 0 Å². The lowest BCUT2D eigenvalue weighted by atomic mass is 9.92. The maximum Gasteiger partial charge on any atom is 0.142 e. The number of hydrogen-bond acceptors (Lipinski definition) is 3. The fourth-order valence-electron chi connectivity index (χ4n) is 2.81. The molecule has 3 rings (SSSR count). The van der Waals surface area contributed by atoms with Gasteiger partial charge in [0.05, 0.1) is 12.2 Å². The summed E-state index contributed by atoms with van der Waals surface area (Å²) in [5.74, 6) is 1.40. The largest absolute Gasteiger partial charge is 0.490 e. The summed E-state index contributed by atoms with van der Waals surface area (Å²) in [7, 11) is 0. The number of Topliss-reactive ketones (excluding diaryl/α,β-unsaturated/α-hetero) is 1. The van der Waals surface area contributed by atoms with Crippen molar-refractivity contribution in [2.24, 2.45) is 0 Å². The zero-order chi connectivity index (χ0) is 11.7. The van der Waals surface area contributed by atoms with Crippen LogP contribution in [0.25, 0.3) is 0 Å². The van der Waals surface area contributed by atoms with Crippen LogP contribution in [-0.2, 0) is 4.79 Å². The Labute approximate surface area is 101 Å². The maximum absolute atomic E-state index is 11.3. The van der Waals surface area contributed by atoms with Gasteiger partial charge in [-0.2, -0.15) is 0 Å². The third kappa shape index (κ3) is 2.02. The van der Waals surface area contributed by atoms with Gasteiger partial charge in [0, 0.05) is 18.9 Å². The number of ketones is 1. The minimum Gasteiger partial charge on any atom is -0.490 e. The lowest BCUT2D eigenvalue weighted by molar-refractivity contribution is -0.120. The van der Waals surface area contributed by atoms with Gasteiger partial charge in [-0.05, 0) is 25.0 Å². The molecular formula is C14H17NO2. The van der Waals surface area contributed by atoms with Crippen LogP contribution < -0.4 is 9.64 Å². The van der Waals surface area contributed by atoms with Crippen LogP contribution in [0.15, 0.2) is 24.3 Å². The molecule has 0 atom stereocenters. The predicted molar refractivity (Wildman–Crippen MR) is 66.5 cm³/mol.